The van der Waals surface area contributed by atoms with E-state index in [0.29, 0.717) is 0 Å². The number of benzene rings is 11. The average Bonchev–Trinajstić information content (AvgIpc) is 3.87. The van der Waals surface area contributed by atoms with Gasteiger partial charge in [0.2, 0.25) is 0 Å². The molecule has 11 aromatic rings. The van der Waals surface area contributed by atoms with E-state index in [9.17, 15) is 0 Å². The van der Waals surface area contributed by atoms with E-state index in [1.165, 1.54) is 105 Å². The fourth-order valence-electron chi connectivity index (χ4n) is 12.0. The summed E-state index contributed by atoms with van der Waals surface area (Å²) in [6, 6.07) is 88.6. The van der Waals surface area contributed by atoms with Gasteiger partial charge in [0.1, 0.15) is 0 Å². The number of rotatable bonds is 6. The smallest absolute Gasteiger partial charge is 0.0727 e. The molecule has 0 saturated carbocycles. The summed E-state index contributed by atoms with van der Waals surface area (Å²) < 4.78 is 0. The molecule has 14 rings (SSSR count). The van der Waals surface area contributed by atoms with Gasteiger partial charge in [0.05, 0.1) is 17.1 Å². The third kappa shape index (κ3) is 5.63. The largest absolute Gasteiger partial charge is 0.334 e. The fourth-order valence-corrected chi connectivity index (χ4v) is 12.0. The van der Waals surface area contributed by atoms with Crippen LogP contribution in [-0.2, 0) is 11.8 Å². The standard InChI is InChI=1S/C65H44N2/c1-5-19-47-39-51(35-31-43(47)15-1)66(52-36-32-44-16-2-6-20-48(44)40-52)61-29-13-27-59-63(61)55-23-9-11-25-57(55)65(59)58-26-12-10-24-56(58)64-60(65)28-14-30-62(64)67(53-37-33-45-17-3-7-21-49(45)41-53)54-38-34-46-18-4-8-22-50(46)42-54/h1-41,54H,42H2. The second kappa shape index (κ2) is 14.8. The summed E-state index contributed by atoms with van der Waals surface area (Å²) in [4.78, 5) is 5.13. The molecule has 0 aliphatic heterocycles. The van der Waals surface area contributed by atoms with Crippen molar-refractivity contribution in [2.75, 3.05) is 9.80 Å². The van der Waals surface area contributed by atoms with Crippen LogP contribution in [-0.4, -0.2) is 6.04 Å². The summed E-state index contributed by atoms with van der Waals surface area (Å²) >= 11 is 0. The van der Waals surface area contributed by atoms with Crippen LogP contribution in [0.1, 0.15) is 33.4 Å². The van der Waals surface area contributed by atoms with Crippen LogP contribution < -0.4 is 9.80 Å². The molecule has 0 heterocycles. The Hall–Kier alpha value is -8.46. The van der Waals surface area contributed by atoms with E-state index in [4.69, 9.17) is 0 Å². The summed E-state index contributed by atoms with van der Waals surface area (Å²) in [6.07, 6.45) is 5.66. The van der Waals surface area contributed by atoms with Gasteiger partial charge in [-0.1, -0.05) is 200 Å². The lowest BCUT2D eigenvalue weighted by molar-refractivity contribution is 0.764. The van der Waals surface area contributed by atoms with Crippen LogP contribution in [0.3, 0.4) is 0 Å². The summed E-state index contributed by atoms with van der Waals surface area (Å²) in [7, 11) is 0. The van der Waals surface area contributed by atoms with Crippen LogP contribution in [0.5, 0.6) is 0 Å². The van der Waals surface area contributed by atoms with E-state index in [1.807, 2.05) is 0 Å². The van der Waals surface area contributed by atoms with Gasteiger partial charge in [0, 0.05) is 33.9 Å². The van der Waals surface area contributed by atoms with Crippen LogP contribution in [0.2, 0.25) is 0 Å². The molecule has 3 aliphatic carbocycles. The van der Waals surface area contributed by atoms with Crippen molar-refractivity contribution in [3.8, 4) is 22.3 Å². The molecule has 314 valence electrons. The van der Waals surface area contributed by atoms with Gasteiger partial charge in [-0.05, 0) is 132 Å². The molecular formula is C65H44N2. The van der Waals surface area contributed by atoms with E-state index in [0.717, 1.165) is 17.8 Å². The lowest BCUT2D eigenvalue weighted by Crippen LogP contribution is -2.33. The molecule has 2 unspecified atom stereocenters. The van der Waals surface area contributed by atoms with Crippen molar-refractivity contribution in [2.45, 2.75) is 17.9 Å². The van der Waals surface area contributed by atoms with E-state index >= 15 is 0 Å². The van der Waals surface area contributed by atoms with Crippen molar-refractivity contribution >= 4 is 66.8 Å². The molecule has 0 aromatic heterocycles. The topological polar surface area (TPSA) is 6.48 Å². The molecule has 2 heteroatoms. The normalized spacial score (nSPS) is 16.1. The van der Waals surface area contributed by atoms with Crippen LogP contribution in [0.4, 0.5) is 28.4 Å². The van der Waals surface area contributed by atoms with Gasteiger partial charge in [0.25, 0.3) is 0 Å². The molecule has 0 saturated heterocycles. The van der Waals surface area contributed by atoms with Gasteiger partial charge in [-0.15, -0.1) is 0 Å². The predicted octanol–water partition coefficient (Wildman–Crippen LogP) is 16.7. The van der Waals surface area contributed by atoms with E-state index in [-0.39, 0.29) is 6.04 Å². The van der Waals surface area contributed by atoms with Crippen LogP contribution in [0.15, 0.2) is 243 Å². The van der Waals surface area contributed by atoms with Gasteiger partial charge in [-0.2, -0.15) is 0 Å². The molecule has 2 nitrogen and oxygen atoms in total. The zero-order chi connectivity index (χ0) is 44.1. The van der Waals surface area contributed by atoms with Gasteiger partial charge in [0.15, 0.2) is 0 Å². The summed E-state index contributed by atoms with van der Waals surface area (Å²) in [5.74, 6) is 0. The van der Waals surface area contributed by atoms with Gasteiger partial charge in [-0.25, -0.2) is 0 Å². The minimum absolute atomic E-state index is 0.0958. The fraction of sp³-hybridized carbons (Fsp3) is 0.0462. The van der Waals surface area contributed by atoms with Crippen LogP contribution in [0, 0.1) is 0 Å². The third-order valence-electron chi connectivity index (χ3n) is 14.9. The molecule has 0 radical (unpaired) electrons. The zero-order valence-corrected chi connectivity index (χ0v) is 36.9. The maximum absolute atomic E-state index is 2.63. The Bertz CT molecular complexity index is 3760. The molecule has 67 heavy (non-hydrogen) atoms. The molecule has 0 amide bonds. The molecule has 11 aromatic carbocycles. The maximum Gasteiger partial charge on any atom is 0.0727 e. The van der Waals surface area contributed by atoms with Gasteiger partial charge in [-0.3, -0.25) is 0 Å². The zero-order valence-electron chi connectivity index (χ0n) is 36.9. The van der Waals surface area contributed by atoms with Gasteiger partial charge >= 0.3 is 0 Å². The number of hydrogen-bond donors (Lipinski definition) is 0. The molecule has 0 N–H and O–H groups in total. The van der Waals surface area contributed by atoms with Crippen molar-refractivity contribution in [1.29, 1.82) is 0 Å². The Morgan fingerprint density at radius 1 is 0.358 bits per heavy atom. The summed E-state index contributed by atoms with van der Waals surface area (Å²) in [5.41, 5.74) is 18.4. The molecule has 3 aliphatic rings. The molecule has 0 bridgehead atoms. The van der Waals surface area contributed by atoms with E-state index in [1.54, 1.807) is 0 Å². The molecular weight excluding hydrogens is 809 g/mol. The van der Waals surface area contributed by atoms with E-state index in [2.05, 4.69) is 259 Å². The van der Waals surface area contributed by atoms with Gasteiger partial charge < -0.3 is 9.80 Å². The Kier molecular flexibility index (Phi) is 8.36. The van der Waals surface area contributed by atoms with Crippen LogP contribution in [0.25, 0.3) is 60.6 Å². The predicted molar refractivity (Wildman–Crippen MR) is 281 cm³/mol. The Morgan fingerprint density at radius 3 is 1.40 bits per heavy atom. The Balaban J connectivity index is 1.03. The minimum atomic E-state index is -0.563. The van der Waals surface area contributed by atoms with Crippen LogP contribution >= 0.6 is 0 Å². The Morgan fingerprint density at radius 2 is 0.806 bits per heavy atom. The minimum Gasteiger partial charge on any atom is -0.334 e. The Labute approximate surface area is 391 Å². The number of fused-ring (bicyclic) bond motifs is 14. The van der Waals surface area contributed by atoms with E-state index < -0.39 is 5.41 Å². The highest BCUT2D eigenvalue weighted by atomic mass is 15.2. The average molecular weight is 853 g/mol. The van der Waals surface area contributed by atoms with Crippen molar-refractivity contribution in [3.05, 3.63) is 276 Å². The molecule has 0 fully saturated rings. The first-order chi connectivity index (χ1) is 33.2. The highest BCUT2D eigenvalue weighted by Gasteiger charge is 2.53. The number of hydrogen-bond acceptors (Lipinski definition) is 2. The second-order valence-electron chi connectivity index (χ2n) is 18.4. The first-order valence-corrected chi connectivity index (χ1v) is 23.5. The summed E-state index contributed by atoms with van der Waals surface area (Å²) in [6.45, 7) is 0. The lowest BCUT2D eigenvalue weighted by Gasteiger charge is -2.36. The first kappa shape index (κ1) is 37.9. The van der Waals surface area contributed by atoms with Crippen molar-refractivity contribution in [2.24, 2.45) is 0 Å². The summed E-state index contributed by atoms with van der Waals surface area (Å²) in [5, 5.41) is 7.38. The van der Waals surface area contributed by atoms with Crippen molar-refractivity contribution in [3.63, 3.8) is 0 Å². The monoisotopic (exact) mass is 852 g/mol. The number of nitrogens with zero attached hydrogens (tertiary/aromatic N) is 2. The lowest BCUT2D eigenvalue weighted by atomic mass is 9.70. The number of anilines is 5. The molecule has 2 atom stereocenters. The highest BCUT2D eigenvalue weighted by Crippen LogP contribution is 2.66. The molecule has 1 spiro atoms. The SMILES string of the molecule is C1=CC(N(c2ccc3ccccc3c2)c2cccc3c2-c2ccccc2C32c3ccccc3-c3c(N(c4ccc5ccccc5c4)c4ccc5ccccc5c4)cccc32)Cc2ccccc21. The third-order valence-corrected chi connectivity index (χ3v) is 14.9. The quantitative estimate of drug-likeness (QED) is 0.164. The van der Waals surface area contributed by atoms with Crippen molar-refractivity contribution < 1.29 is 0 Å². The second-order valence-corrected chi connectivity index (χ2v) is 18.4. The highest BCUT2D eigenvalue weighted by molar-refractivity contribution is 6.05. The maximum atomic E-state index is 2.63. The first-order valence-electron chi connectivity index (χ1n) is 23.5. The van der Waals surface area contributed by atoms with Crippen molar-refractivity contribution in [1.82, 2.24) is 0 Å².